The number of benzene rings is 1. The van der Waals surface area contributed by atoms with E-state index in [0.717, 1.165) is 36.6 Å². The van der Waals surface area contributed by atoms with E-state index in [1.807, 2.05) is 18.2 Å². The molecule has 0 bridgehead atoms. The first-order chi connectivity index (χ1) is 8.71. The molecule has 0 fully saturated rings. The second-order valence-corrected chi connectivity index (χ2v) is 4.13. The number of ether oxygens (including phenoxy) is 2. The fourth-order valence-electron chi connectivity index (χ4n) is 1.72. The lowest BCUT2D eigenvalue weighted by molar-refractivity contribution is 0.394. The van der Waals surface area contributed by atoms with Crippen molar-refractivity contribution in [2.45, 2.75) is 20.3 Å². The van der Waals surface area contributed by atoms with E-state index in [1.54, 1.807) is 14.2 Å². The van der Waals surface area contributed by atoms with Crippen molar-refractivity contribution in [3.05, 3.63) is 29.8 Å². The molecule has 1 rings (SSSR count). The fourth-order valence-corrected chi connectivity index (χ4v) is 1.72. The highest BCUT2D eigenvalue weighted by atomic mass is 16.5. The van der Waals surface area contributed by atoms with Crippen LogP contribution in [0.5, 0.6) is 11.5 Å². The number of methoxy groups -OCH3 is 2. The van der Waals surface area contributed by atoms with E-state index >= 15 is 0 Å². The molecule has 0 aromatic heterocycles. The maximum atomic E-state index is 5.27. The van der Waals surface area contributed by atoms with E-state index in [9.17, 15) is 0 Å². The summed E-state index contributed by atoms with van der Waals surface area (Å²) in [5, 5.41) is 3.31. The van der Waals surface area contributed by atoms with Gasteiger partial charge in [0.2, 0.25) is 0 Å². The lowest BCUT2D eigenvalue weighted by Gasteiger charge is -2.09. The lowest BCUT2D eigenvalue weighted by Crippen LogP contribution is -2.13. The Morgan fingerprint density at radius 1 is 1.17 bits per heavy atom. The normalized spacial score (nSPS) is 11.4. The topological polar surface area (TPSA) is 30.5 Å². The highest BCUT2D eigenvalue weighted by Crippen LogP contribution is 2.26. The summed E-state index contributed by atoms with van der Waals surface area (Å²) in [6.45, 7) is 6.25. The van der Waals surface area contributed by atoms with Crippen LogP contribution in [0, 0.1) is 0 Å². The van der Waals surface area contributed by atoms with E-state index in [2.05, 4.69) is 25.2 Å². The molecule has 3 nitrogen and oxygen atoms in total. The molecule has 1 N–H and O–H groups in total. The third-order valence-electron chi connectivity index (χ3n) is 2.83. The fraction of sp³-hybridized carbons (Fsp3) is 0.467. The van der Waals surface area contributed by atoms with Gasteiger partial charge in [-0.3, -0.25) is 0 Å². The number of nitrogens with one attached hydrogen (secondary N) is 1. The Balaban J connectivity index is 2.80. The molecule has 0 radical (unpaired) electrons. The average Bonchev–Trinajstić information content (AvgIpc) is 2.42. The van der Waals surface area contributed by atoms with Crippen molar-refractivity contribution in [3.63, 3.8) is 0 Å². The Morgan fingerprint density at radius 3 is 2.28 bits per heavy atom. The molecule has 0 unspecified atom stereocenters. The molecule has 0 aliphatic rings. The van der Waals surface area contributed by atoms with E-state index in [-0.39, 0.29) is 0 Å². The van der Waals surface area contributed by atoms with Crippen molar-refractivity contribution in [2.75, 3.05) is 27.3 Å². The van der Waals surface area contributed by atoms with Crippen molar-refractivity contribution in [2.24, 2.45) is 0 Å². The first-order valence-corrected chi connectivity index (χ1v) is 6.32. The number of hydrogen-bond acceptors (Lipinski definition) is 3. The minimum Gasteiger partial charge on any atom is -0.497 e. The molecule has 0 atom stereocenters. The van der Waals surface area contributed by atoms with Gasteiger partial charge in [0.1, 0.15) is 11.5 Å². The van der Waals surface area contributed by atoms with Crippen LogP contribution in [0.3, 0.4) is 0 Å². The summed E-state index contributed by atoms with van der Waals surface area (Å²) in [7, 11) is 3.34. The van der Waals surface area contributed by atoms with Crippen LogP contribution in [-0.4, -0.2) is 27.3 Å². The van der Waals surface area contributed by atoms with E-state index in [0.29, 0.717) is 0 Å². The second-order valence-electron chi connectivity index (χ2n) is 4.13. The highest BCUT2D eigenvalue weighted by Gasteiger charge is 2.03. The quantitative estimate of drug-likeness (QED) is 0.753. The van der Waals surface area contributed by atoms with Crippen LogP contribution in [0.15, 0.2) is 24.3 Å². The average molecular weight is 249 g/mol. The summed E-state index contributed by atoms with van der Waals surface area (Å²) in [6.07, 6.45) is 3.26. The summed E-state index contributed by atoms with van der Waals surface area (Å²) >= 11 is 0. The van der Waals surface area contributed by atoms with Gasteiger partial charge in [0, 0.05) is 6.07 Å². The first-order valence-electron chi connectivity index (χ1n) is 6.32. The zero-order valence-electron chi connectivity index (χ0n) is 11.7. The minimum absolute atomic E-state index is 0.823. The molecule has 0 aliphatic heterocycles. The van der Waals surface area contributed by atoms with Gasteiger partial charge in [0.15, 0.2) is 0 Å². The zero-order valence-corrected chi connectivity index (χ0v) is 11.7. The van der Waals surface area contributed by atoms with Crippen molar-refractivity contribution < 1.29 is 9.47 Å². The van der Waals surface area contributed by atoms with Crippen LogP contribution in [0.1, 0.15) is 25.8 Å². The van der Waals surface area contributed by atoms with Crippen molar-refractivity contribution in [1.29, 1.82) is 0 Å². The summed E-state index contributed by atoms with van der Waals surface area (Å²) in [5.74, 6) is 1.65. The van der Waals surface area contributed by atoms with Gasteiger partial charge in [-0.1, -0.05) is 13.0 Å². The van der Waals surface area contributed by atoms with Gasteiger partial charge in [-0.25, -0.2) is 0 Å². The molecule has 1 aromatic rings. The van der Waals surface area contributed by atoms with Crippen LogP contribution in [0.2, 0.25) is 0 Å². The maximum absolute atomic E-state index is 5.27. The smallest absolute Gasteiger partial charge is 0.123 e. The molecule has 100 valence electrons. The van der Waals surface area contributed by atoms with Gasteiger partial charge in [-0.2, -0.15) is 0 Å². The van der Waals surface area contributed by atoms with Crippen molar-refractivity contribution >= 4 is 5.57 Å². The standard InChI is InChI=1S/C15H23NO2/c1-5-16-8-6-7-12(2)13-9-14(17-3)11-15(10-13)18-4/h7,9-11,16H,5-6,8H2,1-4H3. The molecular formula is C15H23NO2. The number of hydrogen-bond donors (Lipinski definition) is 1. The maximum Gasteiger partial charge on any atom is 0.123 e. The Bertz CT molecular complexity index is 377. The van der Waals surface area contributed by atoms with Crippen molar-refractivity contribution in [3.8, 4) is 11.5 Å². The summed E-state index contributed by atoms with van der Waals surface area (Å²) in [5.41, 5.74) is 2.38. The molecule has 1 aromatic carbocycles. The van der Waals surface area contributed by atoms with Gasteiger partial charge in [-0.05, 0) is 49.7 Å². The molecule has 0 saturated carbocycles. The Labute approximate surface area is 110 Å². The van der Waals surface area contributed by atoms with Crippen LogP contribution in [0.25, 0.3) is 5.57 Å². The van der Waals surface area contributed by atoms with E-state index in [1.165, 1.54) is 5.57 Å². The summed E-state index contributed by atoms with van der Waals surface area (Å²) < 4.78 is 10.5. The molecule has 0 amide bonds. The summed E-state index contributed by atoms with van der Waals surface area (Å²) in [6, 6.07) is 5.94. The third kappa shape index (κ3) is 4.41. The van der Waals surface area contributed by atoms with Gasteiger partial charge in [0.05, 0.1) is 14.2 Å². The predicted molar refractivity (Wildman–Crippen MR) is 76.4 cm³/mol. The van der Waals surface area contributed by atoms with Crippen molar-refractivity contribution in [1.82, 2.24) is 5.32 Å². The first kappa shape index (κ1) is 14.6. The largest absolute Gasteiger partial charge is 0.497 e. The van der Waals surface area contributed by atoms with Crippen LogP contribution >= 0.6 is 0 Å². The monoisotopic (exact) mass is 249 g/mol. The number of allylic oxidation sites excluding steroid dienone is 1. The van der Waals surface area contributed by atoms with Gasteiger partial charge in [0.25, 0.3) is 0 Å². The zero-order chi connectivity index (χ0) is 13.4. The van der Waals surface area contributed by atoms with E-state index < -0.39 is 0 Å². The predicted octanol–water partition coefficient (Wildman–Crippen LogP) is 3.11. The minimum atomic E-state index is 0.823. The number of rotatable bonds is 7. The third-order valence-corrected chi connectivity index (χ3v) is 2.83. The molecule has 0 heterocycles. The SMILES string of the molecule is CCNCCC=C(C)c1cc(OC)cc(OC)c1. The Hall–Kier alpha value is -1.48. The molecule has 18 heavy (non-hydrogen) atoms. The molecular weight excluding hydrogens is 226 g/mol. The van der Waals surface area contributed by atoms with Gasteiger partial charge in [-0.15, -0.1) is 0 Å². The van der Waals surface area contributed by atoms with Crippen LogP contribution in [0.4, 0.5) is 0 Å². The molecule has 0 spiro atoms. The Morgan fingerprint density at radius 2 is 1.78 bits per heavy atom. The molecule has 0 aliphatic carbocycles. The van der Waals surface area contributed by atoms with Crippen LogP contribution in [-0.2, 0) is 0 Å². The molecule has 3 heteroatoms. The lowest BCUT2D eigenvalue weighted by atomic mass is 10.1. The van der Waals surface area contributed by atoms with Gasteiger partial charge < -0.3 is 14.8 Å². The van der Waals surface area contributed by atoms with Crippen LogP contribution < -0.4 is 14.8 Å². The van der Waals surface area contributed by atoms with E-state index in [4.69, 9.17) is 9.47 Å². The highest BCUT2D eigenvalue weighted by molar-refractivity contribution is 5.66. The Kier molecular flexibility index (Phi) is 6.29. The summed E-state index contributed by atoms with van der Waals surface area (Å²) in [4.78, 5) is 0. The molecule has 0 saturated heterocycles. The van der Waals surface area contributed by atoms with Gasteiger partial charge >= 0.3 is 0 Å². The second kappa shape index (κ2) is 7.77.